The lowest BCUT2D eigenvalue weighted by atomic mass is 10.1. The predicted octanol–water partition coefficient (Wildman–Crippen LogP) is 3.24. The molecule has 0 aliphatic heterocycles. The normalized spacial score (nSPS) is 12.4. The van der Waals surface area contributed by atoms with Gasteiger partial charge < -0.3 is 18.9 Å². The Morgan fingerprint density at radius 2 is 1.00 bits per heavy atom. The highest BCUT2D eigenvalue weighted by Gasteiger charge is 2.27. The van der Waals surface area contributed by atoms with Gasteiger partial charge in [0.25, 0.3) is 0 Å². The third-order valence-electron chi connectivity index (χ3n) is 4.03. The van der Waals surface area contributed by atoms with E-state index in [2.05, 4.69) is 0 Å². The molecule has 2 aromatic carbocycles. The maximum absolute atomic E-state index is 12.2. The highest BCUT2D eigenvalue weighted by molar-refractivity contribution is 5.94. The summed E-state index contributed by atoms with van der Waals surface area (Å²) in [6, 6.07) is 16.7. The molecule has 0 fully saturated rings. The molecule has 0 N–H and O–H groups in total. The van der Waals surface area contributed by atoms with Gasteiger partial charge in [0.2, 0.25) is 12.2 Å². The number of benzene rings is 2. The van der Waals surface area contributed by atoms with Crippen molar-refractivity contribution in [3.05, 3.63) is 83.9 Å². The summed E-state index contributed by atoms with van der Waals surface area (Å²) in [7, 11) is 0. The first-order valence-electron chi connectivity index (χ1n) is 9.98. The summed E-state index contributed by atoms with van der Waals surface area (Å²) >= 11 is 0. The fourth-order valence-electron chi connectivity index (χ4n) is 2.64. The summed E-state index contributed by atoms with van der Waals surface area (Å²) in [5.41, 5.74) is 0.837. The van der Waals surface area contributed by atoms with E-state index in [4.69, 9.17) is 18.9 Å². The second-order valence-corrected chi connectivity index (χ2v) is 6.29. The Labute approximate surface area is 185 Å². The van der Waals surface area contributed by atoms with E-state index in [1.54, 1.807) is 74.5 Å². The van der Waals surface area contributed by atoms with E-state index in [1.165, 1.54) is 0 Å². The van der Waals surface area contributed by atoms with Crippen LogP contribution in [-0.4, -0.2) is 37.1 Å². The summed E-state index contributed by atoms with van der Waals surface area (Å²) in [5.74, 6) is -3.41. The van der Waals surface area contributed by atoms with Crippen molar-refractivity contribution in [2.24, 2.45) is 0 Å². The number of carbonyl (C=O) groups excluding carboxylic acids is 4. The summed E-state index contributed by atoms with van der Waals surface area (Å²) in [6.07, 6.45) is -0.961. The van der Waals surface area contributed by atoms with Crippen LogP contribution in [0.1, 0.15) is 37.2 Å². The largest absolute Gasteiger partial charge is 0.463 e. The van der Waals surface area contributed by atoms with Crippen molar-refractivity contribution >= 4 is 23.9 Å². The average Bonchev–Trinajstić information content (AvgIpc) is 2.81. The molecule has 8 heteroatoms. The first kappa shape index (κ1) is 24.3. The Kier molecular flexibility index (Phi) is 9.65. The van der Waals surface area contributed by atoms with Crippen LogP contribution in [0.2, 0.25) is 0 Å². The molecule has 0 spiro atoms. The number of esters is 4. The third kappa shape index (κ3) is 7.39. The van der Waals surface area contributed by atoms with Crippen molar-refractivity contribution in [2.45, 2.75) is 26.1 Å². The molecular weight excluding hydrogens is 416 g/mol. The van der Waals surface area contributed by atoms with E-state index in [9.17, 15) is 19.2 Å². The Balaban J connectivity index is 2.07. The molecule has 0 amide bonds. The second kappa shape index (κ2) is 12.7. The van der Waals surface area contributed by atoms with Crippen molar-refractivity contribution in [3.8, 4) is 0 Å². The molecule has 0 aliphatic rings. The van der Waals surface area contributed by atoms with Gasteiger partial charge in [-0.1, -0.05) is 60.7 Å². The molecule has 2 rings (SSSR count). The minimum Gasteiger partial charge on any atom is -0.463 e. The molecule has 0 aromatic heterocycles. The lowest BCUT2D eigenvalue weighted by Gasteiger charge is -2.16. The Morgan fingerprint density at radius 3 is 1.31 bits per heavy atom. The van der Waals surface area contributed by atoms with Crippen LogP contribution in [0.3, 0.4) is 0 Å². The number of hydrogen-bond acceptors (Lipinski definition) is 8. The standard InChI is InChI=1S/C24H24O8/c1-3-29-23(27)21(17-11-7-5-8-12-17)31-19(25)15-16-20(26)32-22(24(28)30-4-2)18-13-9-6-10-14-18/h5-16,21-22H,3-4H2,1-2H3/b16-15+/t21-,22-/m0/s1. The van der Waals surface area contributed by atoms with Crippen molar-refractivity contribution in [1.29, 1.82) is 0 Å². The lowest BCUT2D eigenvalue weighted by Crippen LogP contribution is -2.22. The van der Waals surface area contributed by atoms with Gasteiger partial charge in [-0.2, -0.15) is 0 Å². The maximum atomic E-state index is 12.2. The zero-order chi connectivity index (χ0) is 23.3. The van der Waals surface area contributed by atoms with E-state index < -0.39 is 36.1 Å². The maximum Gasteiger partial charge on any atom is 0.352 e. The molecular formula is C24H24O8. The Hall–Kier alpha value is -3.94. The molecule has 0 unspecified atom stereocenters. The third-order valence-corrected chi connectivity index (χ3v) is 4.03. The highest BCUT2D eigenvalue weighted by Crippen LogP contribution is 2.21. The Bertz CT molecular complexity index is 859. The van der Waals surface area contributed by atoms with E-state index in [0.29, 0.717) is 11.1 Å². The molecule has 2 atom stereocenters. The molecule has 0 saturated heterocycles. The van der Waals surface area contributed by atoms with Gasteiger partial charge in [0.15, 0.2) is 0 Å². The minimum atomic E-state index is -1.29. The average molecular weight is 440 g/mol. The van der Waals surface area contributed by atoms with E-state index in [1.807, 2.05) is 0 Å². The second-order valence-electron chi connectivity index (χ2n) is 6.29. The number of rotatable bonds is 10. The van der Waals surface area contributed by atoms with Crippen LogP contribution >= 0.6 is 0 Å². The van der Waals surface area contributed by atoms with Crippen LogP contribution < -0.4 is 0 Å². The molecule has 0 bridgehead atoms. The zero-order valence-corrected chi connectivity index (χ0v) is 17.8. The molecule has 32 heavy (non-hydrogen) atoms. The summed E-state index contributed by atoms with van der Waals surface area (Å²) in [4.78, 5) is 48.8. The van der Waals surface area contributed by atoms with Gasteiger partial charge in [0.1, 0.15) is 0 Å². The summed E-state index contributed by atoms with van der Waals surface area (Å²) < 4.78 is 20.3. The van der Waals surface area contributed by atoms with Gasteiger partial charge >= 0.3 is 23.9 Å². The Morgan fingerprint density at radius 1 is 0.656 bits per heavy atom. The SMILES string of the molecule is CCOC(=O)[C@@H](OC(=O)/C=C/C(=O)O[C@H](C(=O)OCC)c1ccccc1)c1ccccc1. The fraction of sp³-hybridized carbons (Fsp3) is 0.250. The summed E-state index contributed by atoms with van der Waals surface area (Å²) in [6.45, 7) is 3.47. The topological polar surface area (TPSA) is 105 Å². The number of carbonyl (C=O) groups is 4. The first-order valence-corrected chi connectivity index (χ1v) is 9.98. The van der Waals surface area contributed by atoms with Crippen LogP contribution in [-0.2, 0) is 38.1 Å². The quantitative estimate of drug-likeness (QED) is 0.315. The van der Waals surface area contributed by atoms with E-state index in [-0.39, 0.29) is 13.2 Å². The van der Waals surface area contributed by atoms with Gasteiger partial charge in [0.05, 0.1) is 13.2 Å². The van der Waals surface area contributed by atoms with E-state index >= 15 is 0 Å². The van der Waals surface area contributed by atoms with Crippen LogP contribution in [0, 0.1) is 0 Å². The van der Waals surface area contributed by atoms with E-state index in [0.717, 1.165) is 12.2 Å². The van der Waals surface area contributed by atoms with Gasteiger partial charge in [-0.3, -0.25) is 0 Å². The lowest BCUT2D eigenvalue weighted by molar-refractivity contribution is -0.166. The zero-order valence-electron chi connectivity index (χ0n) is 17.8. The van der Waals surface area contributed by atoms with Crippen molar-refractivity contribution < 1.29 is 38.1 Å². The van der Waals surface area contributed by atoms with Crippen molar-refractivity contribution in [1.82, 2.24) is 0 Å². The van der Waals surface area contributed by atoms with Crippen LogP contribution in [0.4, 0.5) is 0 Å². The molecule has 2 aromatic rings. The first-order chi connectivity index (χ1) is 15.5. The van der Waals surface area contributed by atoms with Gasteiger partial charge in [0, 0.05) is 23.3 Å². The van der Waals surface area contributed by atoms with Crippen LogP contribution in [0.15, 0.2) is 72.8 Å². The molecule has 0 radical (unpaired) electrons. The highest BCUT2D eigenvalue weighted by atomic mass is 16.6. The van der Waals surface area contributed by atoms with Crippen LogP contribution in [0.25, 0.3) is 0 Å². The smallest absolute Gasteiger partial charge is 0.352 e. The molecule has 168 valence electrons. The van der Waals surface area contributed by atoms with Gasteiger partial charge in [-0.05, 0) is 13.8 Å². The van der Waals surface area contributed by atoms with Gasteiger partial charge in [-0.15, -0.1) is 0 Å². The van der Waals surface area contributed by atoms with Crippen molar-refractivity contribution in [2.75, 3.05) is 13.2 Å². The molecule has 0 saturated carbocycles. The summed E-state index contributed by atoms with van der Waals surface area (Å²) in [5, 5.41) is 0. The van der Waals surface area contributed by atoms with Gasteiger partial charge in [-0.25, -0.2) is 19.2 Å². The molecule has 0 heterocycles. The fourth-order valence-corrected chi connectivity index (χ4v) is 2.64. The molecule has 0 aliphatic carbocycles. The number of hydrogen-bond donors (Lipinski definition) is 0. The number of ether oxygens (including phenoxy) is 4. The van der Waals surface area contributed by atoms with Crippen molar-refractivity contribution in [3.63, 3.8) is 0 Å². The minimum absolute atomic E-state index is 0.108. The predicted molar refractivity (Wildman–Crippen MR) is 113 cm³/mol. The monoisotopic (exact) mass is 440 g/mol. The van der Waals surface area contributed by atoms with Crippen LogP contribution in [0.5, 0.6) is 0 Å². The molecule has 8 nitrogen and oxygen atoms in total.